The summed E-state index contributed by atoms with van der Waals surface area (Å²) in [5.74, 6) is -0.621. The largest absolute Gasteiger partial charge is 0.516 e. The number of hydrogen-bond acceptors (Lipinski definition) is 4. The molecule has 0 amide bonds. The van der Waals surface area contributed by atoms with Gasteiger partial charge in [0.1, 0.15) is 0 Å². The molecule has 1 aromatic rings. The summed E-state index contributed by atoms with van der Waals surface area (Å²) >= 11 is 3.45. The number of carbonyl (C=O) groups is 2. The molecule has 0 bridgehead atoms. The minimum Gasteiger partial charge on any atom is -0.434 e. The Balaban J connectivity index is 1.93. The third kappa shape index (κ3) is 2.90. The van der Waals surface area contributed by atoms with Crippen LogP contribution in [-0.4, -0.2) is 18.7 Å². The Bertz CT molecular complexity index is 472. The van der Waals surface area contributed by atoms with Gasteiger partial charge in [-0.1, -0.05) is 34.1 Å². The zero-order valence-corrected chi connectivity index (χ0v) is 11.5. The van der Waals surface area contributed by atoms with Gasteiger partial charge in [-0.05, 0) is 30.9 Å². The number of esters is 1. The molecule has 1 aliphatic carbocycles. The molecule has 0 saturated heterocycles. The van der Waals surface area contributed by atoms with Gasteiger partial charge in [0.2, 0.25) is 0 Å². The fourth-order valence-electron chi connectivity index (χ4n) is 1.88. The second-order valence-corrected chi connectivity index (χ2v) is 4.93. The standard InChI is InChI=1S/C13H13BrO4/c1-2-17-13(16)18-12(15)10-7-9(10)8-5-3-4-6-11(8)14/h3-6,9-10H,2,7H2,1H3/t9-,10+/m1/s1. The number of ether oxygens (including phenoxy) is 2. The van der Waals surface area contributed by atoms with Crippen LogP contribution in [0.15, 0.2) is 28.7 Å². The van der Waals surface area contributed by atoms with Crippen molar-refractivity contribution < 1.29 is 19.1 Å². The van der Waals surface area contributed by atoms with Crippen molar-refractivity contribution in [3.8, 4) is 0 Å². The van der Waals surface area contributed by atoms with E-state index in [0.717, 1.165) is 10.0 Å². The molecule has 5 heteroatoms. The van der Waals surface area contributed by atoms with Gasteiger partial charge in [-0.25, -0.2) is 4.79 Å². The van der Waals surface area contributed by atoms with Crippen LogP contribution in [0.2, 0.25) is 0 Å². The van der Waals surface area contributed by atoms with Crippen LogP contribution in [0.5, 0.6) is 0 Å². The molecule has 18 heavy (non-hydrogen) atoms. The number of rotatable bonds is 3. The molecule has 0 N–H and O–H groups in total. The maximum Gasteiger partial charge on any atom is 0.516 e. The monoisotopic (exact) mass is 312 g/mol. The predicted octanol–water partition coefficient (Wildman–Crippen LogP) is 3.25. The molecule has 1 saturated carbocycles. The van der Waals surface area contributed by atoms with E-state index >= 15 is 0 Å². The first-order valence-electron chi connectivity index (χ1n) is 5.76. The average Bonchev–Trinajstić information content (AvgIpc) is 3.10. The summed E-state index contributed by atoms with van der Waals surface area (Å²) < 4.78 is 10.1. The molecule has 0 spiro atoms. The zero-order valence-electron chi connectivity index (χ0n) is 9.89. The lowest BCUT2D eigenvalue weighted by Gasteiger charge is -2.04. The van der Waals surface area contributed by atoms with Crippen LogP contribution in [0.1, 0.15) is 24.8 Å². The molecule has 0 aromatic heterocycles. The van der Waals surface area contributed by atoms with Crippen molar-refractivity contribution in [1.29, 1.82) is 0 Å². The van der Waals surface area contributed by atoms with E-state index < -0.39 is 12.1 Å². The van der Waals surface area contributed by atoms with Gasteiger partial charge in [0.05, 0.1) is 12.5 Å². The van der Waals surface area contributed by atoms with E-state index in [9.17, 15) is 9.59 Å². The van der Waals surface area contributed by atoms with Gasteiger partial charge in [0.15, 0.2) is 0 Å². The molecule has 0 heterocycles. The number of carbonyl (C=O) groups excluding carboxylic acids is 2. The van der Waals surface area contributed by atoms with Crippen molar-refractivity contribution in [2.45, 2.75) is 19.3 Å². The van der Waals surface area contributed by atoms with Crippen molar-refractivity contribution in [2.24, 2.45) is 5.92 Å². The topological polar surface area (TPSA) is 52.6 Å². The summed E-state index contributed by atoms with van der Waals surface area (Å²) in [6.45, 7) is 1.86. The Kier molecular flexibility index (Phi) is 4.01. The van der Waals surface area contributed by atoms with E-state index in [4.69, 9.17) is 0 Å². The van der Waals surface area contributed by atoms with Gasteiger partial charge in [0.25, 0.3) is 0 Å². The van der Waals surface area contributed by atoms with Crippen LogP contribution < -0.4 is 0 Å². The van der Waals surface area contributed by atoms with Crippen molar-refractivity contribution in [3.63, 3.8) is 0 Å². The summed E-state index contributed by atoms with van der Waals surface area (Å²) in [6.07, 6.45) is -0.207. The highest BCUT2D eigenvalue weighted by molar-refractivity contribution is 9.10. The number of benzene rings is 1. The lowest BCUT2D eigenvalue weighted by molar-refractivity contribution is -0.141. The Morgan fingerprint density at radius 3 is 2.78 bits per heavy atom. The summed E-state index contributed by atoms with van der Waals surface area (Å²) in [5, 5.41) is 0. The molecular weight excluding hydrogens is 300 g/mol. The van der Waals surface area contributed by atoms with Crippen LogP contribution in [0.4, 0.5) is 4.79 Å². The van der Waals surface area contributed by atoms with Crippen LogP contribution in [0.3, 0.4) is 0 Å². The van der Waals surface area contributed by atoms with E-state index in [0.29, 0.717) is 6.42 Å². The first-order chi connectivity index (χ1) is 8.63. The molecule has 1 fully saturated rings. The van der Waals surface area contributed by atoms with Gasteiger partial charge >= 0.3 is 12.1 Å². The minimum absolute atomic E-state index is 0.127. The SMILES string of the molecule is CCOC(=O)OC(=O)[C@H]1C[C@@H]1c1ccccc1Br. The molecule has 2 atom stereocenters. The van der Waals surface area contributed by atoms with Crippen LogP contribution in [0.25, 0.3) is 0 Å². The molecule has 0 unspecified atom stereocenters. The molecule has 4 nitrogen and oxygen atoms in total. The van der Waals surface area contributed by atoms with Crippen molar-refractivity contribution >= 4 is 28.1 Å². The fourth-order valence-corrected chi connectivity index (χ4v) is 2.46. The highest BCUT2D eigenvalue weighted by Gasteiger charge is 2.46. The normalized spacial score (nSPS) is 21.2. The average molecular weight is 313 g/mol. The summed E-state index contributed by atoms with van der Waals surface area (Å²) in [6, 6.07) is 7.74. The molecular formula is C13H13BrO4. The Labute approximate surface area is 113 Å². The van der Waals surface area contributed by atoms with Gasteiger partial charge in [-0.2, -0.15) is 0 Å². The third-order valence-corrected chi connectivity index (χ3v) is 3.57. The summed E-state index contributed by atoms with van der Waals surface area (Å²) in [4.78, 5) is 22.7. The van der Waals surface area contributed by atoms with Crippen LogP contribution in [0, 0.1) is 5.92 Å². The maximum absolute atomic E-state index is 11.6. The van der Waals surface area contributed by atoms with Gasteiger partial charge in [0, 0.05) is 4.47 Å². The van der Waals surface area contributed by atoms with Gasteiger partial charge in [-0.3, -0.25) is 4.79 Å². The lowest BCUT2D eigenvalue weighted by Crippen LogP contribution is -2.15. The summed E-state index contributed by atoms with van der Waals surface area (Å²) in [7, 11) is 0. The first-order valence-corrected chi connectivity index (χ1v) is 6.55. The highest BCUT2D eigenvalue weighted by atomic mass is 79.9. The lowest BCUT2D eigenvalue weighted by atomic mass is 10.1. The fraction of sp³-hybridized carbons (Fsp3) is 0.385. The number of halogens is 1. The van der Waals surface area contributed by atoms with Crippen molar-refractivity contribution in [1.82, 2.24) is 0 Å². The van der Waals surface area contributed by atoms with E-state index in [1.807, 2.05) is 24.3 Å². The second-order valence-electron chi connectivity index (χ2n) is 4.07. The predicted molar refractivity (Wildman–Crippen MR) is 68.1 cm³/mol. The molecule has 1 aliphatic rings. The maximum atomic E-state index is 11.6. The Morgan fingerprint density at radius 2 is 2.11 bits per heavy atom. The molecule has 2 rings (SSSR count). The smallest absolute Gasteiger partial charge is 0.434 e. The van der Waals surface area contributed by atoms with E-state index in [1.165, 1.54) is 0 Å². The van der Waals surface area contributed by atoms with Crippen LogP contribution >= 0.6 is 15.9 Å². The Morgan fingerprint density at radius 1 is 1.39 bits per heavy atom. The van der Waals surface area contributed by atoms with E-state index in [2.05, 4.69) is 25.4 Å². The van der Waals surface area contributed by atoms with Crippen LogP contribution in [-0.2, 0) is 14.3 Å². The Hall–Kier alpha value is -1.36. The second kappa shape index (κ2) is 5.52. The summed E-state index contributed by atoms with van der Waals surface area (Å²) in [5.41, 5.74) is 1.07. The van der Waals surface area contributed by atoms with Gasteiger partial charge in [-0.15, -0.1) is 0 Å². The van der Waals surface area contributed by atoms with E-state index in [-0.39, 0.29) is 18.4 Å². The molecule has 1 aromatic carbocycles. The van der Waals surface area contributed by atoms with Crippen molar-refractivity contribution in [2.75, 3.05) is 6.61 Å². The van der Waals surface area contributed by atoms with E-state index in [1.54, 1.807) is 6.92 Å². The zero-order chi connectivity index (χ0) is 13.1. The molecule has 96 valence electrons. The minimum atomic E-state index is -0.916. The highest BCUT2D eigenvalue weighted by Crippen LogP contribution is 2.50. The quantitative estimate of drug-likeness (QED) is 0.635. The number of hydrogen-bond donors (Lipinski definition) is 0. The molecule has 0 radical (unpaired) electrons. The van der Waals surface area contributed by atoms with Crippen molar-refractivity contribution in [3.05, 3.63) is 34.3 Å². The first kappa shape index (κ1) is 13.1. The molecule has 0 aliphatic heterocycles. The third-order valence-electron chi connectivity index (χ3n) is 2.84. The van der Waals surface area contributed by atoms with Gasteiger partial charge < -0.3 is 9.47 Å².